The maximum Gasteiger partial charge on any atom is 0.265 e. The highest BCUT2D eigenvalue weighted by Gasteiger charge is 2.18. The molecule has 1 heterocycles. The normalized spacial score (nSPS) is 11.6. The molecule has 0 aliphatic rings. The van der Waals surface area contributed by atoms with E-state index in [0.29, 0.717) is 13.0 Å². The van der Waals surface area contributed by atoms with Gasteiger partial charge in [-0.3, -0.25) is 9.40 Å². The Hall–Kier alpha value is -1.64. The van der Waals surface area contributed by atoms with Crippen LogP contribution in [0.15, 0.2) is 35.5 Å². The number of anilines is 1. The van der Waals surface area contributed by atoms with Crippen LogP contribution in [0.25, 0.3) is 0 Å². The zero-order chi connectivity index (χ0) is 15.5. The topological polar surface area (TPSA) is 84.2 Å². The van der Waals surface area contributed by atoms with Crippen LogP contribution in [-0.4, -0.2) is 29.9 Å². The van der Waals surface area contributed by atoms with Gasteiger partial charge in [0.1, 0.15) is 10.7 Å². The van der Waals surface area contributed by atoms with E-state index in [9.17, 15) is 12.8 Å². The summed E-state index contributed by atoms with van der Waals surface area (Å²) < 4.78 is 41.3. The number of aliphatic hydroxyl groups is 1. The lowest BCUT2D eigenvalue weighted by Crippen LogP contribution is -2.13. The van der Waals surface area contributed by atoms with Crippen molar-refractivity contribution in [2.24, 2.45) is 0 Å². The van der Waals surface area contributed by atoms with Crippen LogP contribution in [0.2, 0.25) is 5.02 Å². The molecule has 0 aliphatic heterocycles. The van der Waals surface area contributed by atoms with Crippen LogP contribution >= 0.6 is 11.6 Å². The fraction of sp³-hybridized carbons (Fsp3) is 0.250. The van der Waals surface area contributed by atoms with E-state index in [1.807, 2.05) is 0 Å². The van der Waals surface area contributed by atoms with Crippen LogP contribution in [0.3, 0.4) is 0 Å². The van der Waals surface area contributed by atoms with Crippen molar-refractivity contribution in [2.45, 2.75) is 17.9 Å². The van der Waals surface area contributed by atoms with Crippen molar-refractivity contribution in [3.63, 3.8) is 0 Å². The van der Waals surface area contributed by atoms with Crippen molar-refractivity contribution in [3.05, 3.63) is 41.4 Å². The molecule has 6 nitrogen and oxygen atoms in total. The second-order valence-electron chi connectivity index (χ2n) is 4.25. The van der Waals surface area contributed by atoms with Gasteiger partial charge in [-0.25, -0.2) is 12.8 Å². The highest BCUT2D eigenvalue weighted by Crippen LogP contribution is 2.22. The first-order chi connectivity index (χ1) is 9.92. The molecule has 21 heavy (non-hydrogen) atoms. The first-order valence-electron chi connectivity index (χ1n) is 6.03. The Labute approximate surface area is 126 Å². The molecule has 1 aromatic carbocycles. The highest BCUT2D eigenvalue weighted by atomic mass is 35.5. The molecule has 2 rings (SSSR count). The van der Waals surface area contributed by atoms with Gasteiger partial charge in [-0.15, -0.1) is 0 Å². The Kier molecular flexibility index (Phi) is 4.81. The number of nitrogens with zero attached hydrogens (tertiary/aromatic N) is 2. The SMILES string of the molecule is O=S(=O)(Nc1cc(Cl)ccc1F)c1cnn(CCCO)c1. The van der Waals surface area contributed by atoms with Gasteiger partial charge in [-0.1, -0.05) is 11.6 Å². The molecule has 0 saturated carbocycles. The number of halogens is 2. The number of rotatable bonds is 6. The lowest BCUT2D eigenvalue weighted by atomic mass is 10.3. The molecule has 0 amide bonds. The van der Waals surface area contributed by atoms with Gasteiger partial charge in [-0.2, -0.15) is 5.10 Å². The van der Waals surface area contributed by atoms with Gasteiger partial charge < -0.3 is 5.11 Å². The predicted octanol–water partition coefficient (Wildman–Crippen LogP) is 1.86. The number of aromatic nitrogens is 2. The van der Waals surface area contributed by atoms with Crippen LogP contribution in [0.5, 0.6) is 0 Å². The average Bonchev–Trinajstić information content (AvgIpc) is 2.90. The number of hydrogen-bond acceptors (Lipinski definition) is 4. The van der Waals surface area contributed by atoms with Gasteiger partial charge >= 0.3 is 0 Å². The smallest absolute Gasteiger partial charge is 0.265 e. The quantitative estimate of drug-likeness (QED) is 0.845. The molecule has 1 aromatic heterocycles. The molecule has 9 heteroatoms. The van der Waals surface area contributed by atoms with Gasteiger partial charge in [0, 0.05) is 24.4 Å². The summed E-state index contributed by atoms with van der Waals surface area (Å²) in [5.74, 6) is -0.726. The van der Waals surface area contributed by atoms with Crippen molar-refractivity contribution in [1.29, 1.82) is 0 Å². The van der Waals surface area contributed by atoms with E-state index in [-0.39, 0.29) is 22.2 Å². The monoisotopic (exact) mass is 333 g/mol. The standard InChI is InChI=1S/C12H13ClFN3O3S/c13-9-2-3-11(14)12(6-9)16-21(19,20)10-7-15-17(8-10)4-1-5-18/h2-3,6-8,16,18H,1,4-5H2. The highest BCUT2D eigenvalue weighted by molar-refractivity contribution is 7.92. The minimum atomic E-state index is -3.95. The average molecular weight is 334 g/mol. The fourth-order valence-corrected chi connectivity index (χ4v) is 2.80. The van der Waals surface area contributed by atoms with E-state index < -0.39 is 15.8 Å². The summed E-state index contributed by atoms with van der Waals surface area (Å²) in [6.45, 7) is 0.367. The van der Waals surface area contributed by atoms with Crippen LogP contribution in [-0.2, 0) is 16.6 Å². The molecule has 0 fully saturated rings. The largest absolute Gasteiger partial charge is 0.396 e. The second-order valence-corrected chi connectivity index (χ2v) is 6.36. The van der Waals surface area contributed by atoms with Crippen molar-refractivity contribution in [2.75, 3.05) is 11.3 Å². The van der Waals surface area contributed by atoms with Gasteiger partial charge in [0.15, 0.2) is 0 Å². The summed E-state index contributed by atoms with van der Waals surface area (Å²) in [6, 6.07) is 3.58. The molecule has 2 aromatic rings. The third-order valence-corrected chi connectivity index (χ3v) is 4.19. The van der Waals surface area contributed by atoms with E-state index in [2.05, 4.69) is 9.82 Å². The lowest BCUT2D eigenvalue weighted by molar-refractivity contribution is 0.277. The molecule has 0 saturated heterocycles. The molecule has 0 bridgehead atoms. The number of aliphatic hydroxyl groups excluding tert-OH is 1. The maximum absolute atomic E-state index is 13.6. The van der Waals surface area contributed by atoms with E-state index in [0.717, 1.165) is 12.3 Å². The van der Waals surface area contributed by atoms with Crippen LogP contribution in [0.1, 0.15) is 6.42 Å². The van der Waals surface area contributed by atoms with E-state index in [4.69, 9.17) is 16.7 Å². The van der Waals surface area contributed by atoms with E-state index in [1.54, 1.807) is 0 Å². The van der Waals surface area contributed by atoms with Gasteiger partial charge in [0.05, 0.1) is 11.9 Å². The Morgan fingerprint density at radius 3 is 2.90 bits per heavy atom. The van der Waals surface area contributed by atoms with Crippen molar-refractivity contribution in [3.8, 4) is 0 Å². The molecule has 0 atom stereocenters. The Balaban J connectivity index is 2.22. The molecular weight excluding hydrogens is 321 g/mol. The Morgan fingerprint density at radius 2 is 2.19 bits per heavy atom. The molecule has 2 N–H and O–H groups in total. The molecule has 0 radical (unpaired) electrons. The zero-order valence-corrected chi connectivity index (χ0v) is 12.4. The summed E-state index contributed by atoms with van der Waals surface area (Å²) in [5, 5.41) is 12.8. The van der Waals surface area contributed by atoms with Gasteiger partial charge in [0.2, 0.25) is 0 Å². The number of benzene rings is 1. The van der Waals surface area contributed by atoms with E-state index in [1.165, 1.54) is 23.0 Å². The van der Waals surface area contributed by atoms with Crippen LogP contribution < -0.4 is 4.72 Å². The second kappa shape index (κ2) is 6.42. The molecule has 0 spiro atoms. The Morgan fingerprint density at radius 1 is 1.43 bits per heavy atom. The fourth-order valence-electron chi connectivity index (χ4n) is 1.62. The number of hydrogen-bond donors (Lipinski definition) is 2. The maximum atomic E-state index is 13.6. The van der Waals surface area contributed by atoms with Gasteiger partial charge in [-0.05, 0) is 24.6 Å². The predicted molar refractivity (Wildman–Crippen MR) is 76.1 cm³/mol. The van der Waals surface area contributed by atoms with Crippen LogP contribution in [0, 0.1) is 5.82 Å². The van der Waals surface area contributed by atoms with Crippen molar-refractivity contribution < 1.29 is 17.9 Å². The first-order valence-corrected chi connectivity index (χ1v) is 7.89. The molecule has 0 unspecified atom stereocenters. The Bertz CT molecular complexity index is 733. The number of aryl methyl sites for hydroxylation is 1. The third kappa shape index (κ3) is 3.93. The van der Waals surface area contributed by atoms with Gasteiger partial charge in [0.25, 0.3) is 10.0 Å². The molecule has 0 aliphatic carbocycles. The molecule has 114 valence electrons. The zero-order valence-electron chi connectivity index (χ0n) is 10.8. The summed E-state index contributed by atoms with van der Waals surface area (Å²) in [6.07, 6.45) is 2.92. The summed E-state index contributed by atoms with van der Waals surface area (Å²) >= 11 is 5.71. The molecular formula is C12H13ClFN3O3S. The summed E-state index contributed by atoms with van der Waals surface area (Å²) in [7, 11) is -3.95. The van der Waals surface area contributed by atoms with Crippen LogP contribution in [0.4, 0.5) is 10.1 Å². The van der Waals surface area contributed by atoms with Crippen molar-refractivity contribution >= 4 is 27.3 Å². The third-order valence-electron chi connectivity index (χ3n) is 2.64. The lowest BCUT2D eigenvalue weighted by Gasteiger charge is -2.07. The first kappa shape index (κ1) is 15.7. The van der Waals surface area contributed by atoms with Crippen molar-refractivity contribution in [1.82, 2.24) is 9.78 Å². The summed E-state index contributed by atoms with van der Waals surface area (Å²) in [5.41, 5.74) is -0.231. The minimum absolute atomic E-state index is 0.0199. The minimum Gasteiger partial charge on any atom is -0.396 e. The van der Waals surface area contributed by atoms with E-state index >= 15 is 0 Å². The number of sulfonamides is 1. The summed E-state index contributed by atoms with van der Waals surface area (Å²) in [4.78, 5) is -0.0974. The number of nitrogens with one attached hydrogen (secondary N) is 1.